The van der Waals surface area contributed by atoms with Crippen LogP contribution in [0.25, 0.3) is 0 Å². The first-order chi connectivity index (χ1) is 8.68. The Labute approximate surface area is 111 Å². The van der Waals surface area contributed by atoms with Gasteiger partial charge in [0.1, 0.15) is 0 Å². The molecule has 2 aliphatic rings. The Morgan fingerprint density at radius 2 is 1.83 bits per heavy atom. The van der Waals surface area contributed by atoms with E-state index in [9.17, 15) is 0 Å². The number of ether oxygens (including phenoxy) is 1. The van der Waals surface area contributed by atoms with Crippen molar-refractivity contribution in [3.63, 3.8) is 0 Å². The molecule has 0 radical (unpaired) electrons. The van der Waals surface area contributed by atoms with E-state index in [1.54, 1.807) is 0 Å². The molecule has 1 N–H and O–H groups in total. The standard InChI is InChI=1S/C14H25N3O/c1-14(2)13-18-12-11-17(14)8-4-3-7-16-9-5-15-6-10-16/h15H,5-13H2,1-2H3. The molecule has 0 amide bonds. The topological polar surface area (TPSA) is 27.7 Å². The minimum Gasteiger partial charge on any atom is -0.378 e. The molecule has 0 atom stereocenters. The fourth-order valence-corrected chi connectivity index (χ4v) is 2.37. The summed E-state index contributed by atoms with van der Waals surface area (Å²) in [5, 5.41) is 3.36. The van der Waals surface area contributed by atoms with Crippen molar-refractivity contribution in [2.24, 2.45) is 0 Å². The lowest BCUT2D eigenvalue weighted by Gasteiger charge is -2.40. The highest BCUT2D eigenvalue weighted by Crippen LogP contribution is 2.17. The minimum atomic E-state index is 0.127. The molecule has 4 nitrogen and oxygen atoms in total. The summed E-state index contributed by atoms with van der Waals surface area (Å²) >= 11 is 0. The number of hydrogen-bond donors (Lipinski definition) is 1. The van der Waals surface area contributed by atoms with Crippen LogP contribution in [-0.4, -0.2) is 74.4 Å². The molecule has 2 rings (SSSR count). The minimum absolute atomic E-state index is 0.127. The summed E-state index contributed by atoms with van der Waals surface area (Å²) in [5.41, 5.74) is 0.127. The van der Waals surface area contributed by atoms with E-state index in [1.165, 1.54) is 0 Å². The van der Waals surface area contributed by atoms with Gasteiger partial charge in [0.15, 0.2) is 0 Å². The fraction of sp³-hybridized carbons (Fsp3) is 0.857. The Hall–Kier alpha value is -0.600. The van der Waals surface area contributed by atoms with E-state index < -0.39 is 0 Å². The average Bonchev–Trinajstić information content (AvgIpc) is 2.37. The van der Waals surface area contributed by atoms with Gasteiger partial charge in [-0.15, -0.1) is 0 Å². The van der Waals surface area contributed by atoms with Crippen LogP contribution >= 0.6 is 0 Å². The van der Waals surface area contributed by atoms with Crippen molar-refractivity contribution in [3.8, 4) is 11.8 Å². The molecule has 0 aromatic heterocycles. The van der Waals surface area contributed by atoms with Crippen molar-refractivity contribution >= 4 is 0 Å². The number of nitrogens with one attached hydrogen (secondary N) is 1. The summed E-state index contributed by atoms with van der Waals surface area (Å²) in [7, 11) is 0. The zero-order valence-corrected chi connectivity index (χ0v) is 11.7. The Balaban J connectivity index is 1.73. The first-order valence-electron chi connectivity index (χ1n) is 6.90. The third-order valence-electron chi connectivity index (χ3n) is 3.72. The van der Waals surface area contributed by atoms with Gasteiger partial charge in [-0.1, -0.05) is 11.8 Å². The smallest absolute Gasteiger partial charge is 0.0646 e. The molecule has 2 heterocycles. The van der Waals surface area contributed by atoms with Gasteiger partial charge in [-0.2, -0.15) is 0 Å². The summed E-state index contributed by atoms with van der Waals surface area (Å²) in [6, 6.07) is 0. The SMILES string of the molecule is CC1(C)COCCN1CC#CCN1CCNCC1. The third kappa shape index (κ3) is 3.96. The molecular formula is C14H25N3O. The molecule has 0 unspecified atom stereocenters. The zero-order valence-electron chi connectivity index (χ0n) is 11.7. The second-order valence-electron chi connectivity index (χ2n) is 5.67. The summed E-state index contributed by atoms with van der Waals surface area (Å²) < 4.78 is 5.51. The number of morpholine rings is 1. The summed E-state index contributed by atoms with van der Waals surface area (Å²) in [5.74, 6) is 6.62. The third-order valence-corrected chi connectivity index (χ3v) is 3.72. The van der Waals surface area contributed by atoms with Gasteiger partial charge in [-0.25, -0.2) is 0 Å². The van der Waals surface area contributed by atoms with E-state index in [1.807, 2.05) is 0 Å². The lowest BCUT2D eigenvalue weighted by atomic mass is 10.0. The predicted octanol–water partition coefficient (Wildman–Crippen LogP) is 0.00580. The lowest BCUT2D eigenvalue weighted by Crippen LogP contribution is -2.52. The maximum Gasteiger partial charge on any atom is 0.0646 e. The molecule has 0 aliphatic carbocycles. The second kappa shape index (κ2) is 6.53. The summed E-state index contributed by atoms with van der Waals surface area (Å²) in [6.45, 7) is 13.3. The van der Waals surface area contributed by atoms with Crippen LogP contribution in [0.4, 0.5) is 0 Å². The molecule has 4 heteroatoms. The van der Waals surface area contributed by atoms with E-state index >= 15 is 0 Å². The second-order valence-corrected chi connectivity index (χ2v) is 5.67. The van der Waals surface area contributed by atoms with Crippen molar-refractivity contribution in [1.82, 2.24) is 15.1 Å². The predicted molar refractivity (Wildman–Crippen MR) is 73.6 cm³/mol. The lowest BCUT2D eigenvalue weighted by molar-refractivity contribution is -0.0440. The highest BCUT2D eigenvalue weighted by Gasteiger charge is 2.29. The van der Waals surface area contributed by atoms with Crippen LogP contribution in [-0.2, 0) is 4.74 Å². The monoisotopic (exact) mass is 251 g/mol. The van der Waals surface area contributed by atoms with Crippen molar-refractivity contribution in [1.29, 1.82) is 0 Å². The van der Waals surface area contributed by atoms with Crippen LogP contribution in [0.2, 0.25) is 0 Å². The molecule has 0 aromatic rings. The van der Waals surface area contributed by atoms with Crippen LogP contribution in [0.1, 0.15) is 13.8 Å². The van der Waals surface area contributed by atoms with Crippen LogP contribution in [0.15, 0.2) is 0 Å². The Kier molecular flexibility index (Phi) is 5.02. The van der Waals surface area contributed by atoms with Gasteiger partial charge in [0.05, 0.1) is 26.3 Å². The number of nitrogens with zero attached hydrogens (tertiary/aromatic N) is 2. The van der Waals surface area contributed by atoms with Gasteiger partial charge in [-0.3, -0.25) is 9.80 Å². The van der Waals surface area contributed by atoms with Crippen LogP contribution < -0.4 is 5.32 Å². The molecule has 0 aromatic carbocycles. The molecular weight excluding hydrogens is 226 g/mol. The van der Waals surface area contributed by atoms with Gasteiger partial charge >= 0.3 is 0 Å². The molecule has 0 saturated carbocycles. The largest absolute Gasteiger partial charge is 0.378 e. The molecule has 18 heavy (non-hydrogen) atoms. The van der Waals surface area contributed by atoms with Gasteiger partial charge in [-0.05, 0) is 13.8 Å². The molecule has 0 spiro atoms. The fourth-order valence-electron chi connectivity index (χ4n) is 2.37. The van der Waals surface area contributed by atoms with Crippen LogP contribution in [0.5, 0.6) is 0 Å². The number of rotatable bonds is 2. The summed E-state index contributed by atoms with van der Waals surface area (Å²) in [4.78, 5) is 4.83. The van der Waals surface area contributed by atoms with Crippen molar-refractivity contribution in [3.05, 3.63) is 0 Å². The van der Waals surface area contributed by atoms with Crippen molar-refractivity contribution in [2.45, 2.75) is 19.4 Å². The number of hydrogen-bond acceptors (Lipinski definition) is 4. The molecule has 102 valence electrons. The zero-order chi connectivity index (χ0) is 12.8. The van der Waals surface area contributed by atoms with Gasteiger partial charge in [0.25, 0.3) is 0 Å². The Morgan fingerprint density at radius 1 is 1.11 bits per heavy atom. The molecule has 0 bridgehead atoms. The molecule has 2 aliphatic heterocycles. The maximum atomic E-state index is 5.51. The van der Waals surface area contributed by atoms with E-state index in [2.05, 4.69) is 40.8 Å². The highest BCUT2D eigenvalue weighted by atomic mass is 16.5. The molecule has 2 saturated heterocycles. The Bertz CT molecular complexity index is 313. The number of piperazine rings is 1. The van der Waals surface area contributed by atoms with Crippen LogP contribution in [0.3, 0.4) is 0 Å². The average molecular weight is 251 g/mol. The van der Waals surface area contributed by atoms with Gasteiger partial charge in [0.2, 0.25) is 0 Å². The first-order valence-corrected chi connectivity index (χ1v) is 6.90. The quantitative estimate of drug-likeness (QED) is 0.700. The van der Waals surface area contributed by atoms with E-state index in [0.717, 1.165) is 59.0 Å². The van der Waals surface area contributed by atoms with Crippen molar-refractivity contribution < 1.29 is 4.74 Å². The van der Waals surface area contributed by atoms with Crippen LogP contribution in [0, 0.1) is 11.8 Å². The Morgan fingerprint density at radius 3 is 2.56 bits per heavy atom. The van der Waals surface area contributed by atoms with E-state index in [4.69, 9.17) is 4.74 Å². The highest BCUT2D eigenvalue weighted by molar-refractivity contribution is 5.05. The molecule has 2 fully saturated rings. The van der Waals surface area contributed by atoms with Gasteiger partial charge in [0, 0.05) is 38.3 Å². The van der Waals surface area contributed by atoms with E-state index in [-0.39, 0.29) is 5.54 Å². The van der Waals surface area contributed by atoms with E-state index in [0.29, 0.717) is 0 Å². The normalized spacial score (nSPS) is 25.4. The maximum absolute atomic E-state index is 5.51. The first kappa shape index (κ1) is 13.8. The summed E-state index contributed by atoms with van der Waals surface area (Å²) in [6.07, 6.45) is 0. The van der Waals surface area contributed by atoms with Crippen molar-refractivity contribution in [2.75, 3.05) is 59.0 Å². The van der Waals surface area contributed by atoms with Gasteiger partial charge < -0.3 is 10.1 Å².